The molecule has 3 heterocycles. The third-order valence-electron chi connectivity index (χ3n) is 7.36. The van der Waals surface area contributed by atoms with Gasteiger partial charge in [0.2, 0.25) is 17.7 Å². The fourth-order valence-electron chi connectivity index (χ4n) is 5.18. The maximum absolute atomic E-state index is 13.2. The molecule has 0 saturated carbocycles. The van der Waals surface area contributed by atoms with Gasteiger partial charge in [-0.1, -0.05) is 12.1 Å². The lowest BCUT2D eigenvalue weighted by atomic mass is 9.91. The second-order valence-corrected chi connectivity index (χ2v) is 9.71. The molecule has 0 spiro atoms. The minimum atomic E-state index is -0.316. The number of carbonyl (C=O) groups is 3. The van der Waals surface area contributed by atoms with E-state index in [4.69, 9.17) is 0 Å². The van der Waals surface area contributed by atoms with Crippen LogP contribution in [0.4, 0.5) is 4.39 Å². The van der Waals surface area contributed by atoms with E-state index in [0.29, 0.717) is 26.2 Å². The average Bonchev–Trinajstić information content (AvgIpc) is 2.85. The molecule has 3 aliphatic heterocycles. The molecule has 4 rings (SSSR count). The van der Waals surface area contributed by atoms with Gasteiger partial charge in [0, 0.05) is 58.3 Å². The lowest BCUT2D eigenvalue weighted by Crippen LogP contribution is -2.52. The molecule has 1 unspecified atom stereocenters. The SMILES string of the molecule is CN1CCN(C(=O)C2CCN(C(=O)C3CCCN(C(=O)Cc4ccc(F)cc4)C3)CC2)CC1. The van der Waals surface area contributed by atoms with Gasteiger partial charge < -0.3 is 19.6 Å². The molecule has 0 radical (unpaired) electrons. The summed E-state index contributed by atoms with van der Waals surface area (Å²) in [5.41, 5.74) is 0.780. The van der Waals surface area contributed by atoms with Crippen LogP contribution in [0.3, 0.4) is 0 Å². The fraction of sp³-hybridized carbons (Fsp3) is 0.640. The molecule has 0 aliphatic carbocycles. The number of likely N-dealkylation sites (N-methyl/N-ethyl adjacent to an activating group) is 1. The molecule has 3 amide bonds. The number of hydrogen-bond donors (Lipinski definition) is 0. The number of piperidine rings is 2. The highest BCUT2D eigenvalue weighted by molar-refractivity contribution is 5.83. The topological polar surface area (TPSA) is 64.2 Å². The quantitative estimate of drug-likeness (QED) is 0.688. The summed E-state index contributed by atoms with van der Waals surface area (Å²) in [5.74, 6) is -0.150. The standard InChI is InChI=1S/C25H35FN4O3/c1-27-13-15-29(16-14-27)24(32)20-8-11-28(12-9-20)25(33)21-3-2-10-30(18-21)23(31)17-19-4-6-22(26)7-5-19/h4-7,20-21H,2-3,8-18H2,1H3. The lowest BCUT2D eigenvalue weighted by molar-refractivity contribution is -0.145. The van der Waals surface area contributed by atoms with E-state index in [-0.39, 0.29) is 41.8 Å². The normalized spacial score (nSPS) is 23.0. The van der Waals surface area contributed by atoms with Crippen molar-refractivity contribution in [2.24, 2.45) is 11.8 Å². The predicted molar refractivity (Wildman–Crippen MR) is 123 cm³/mol. The van der Waals surface area contributed by atoms with Crippen molar-refractivity contribution >= 4 is 17.7 Å². The maximum Gasteiger partial charge on any atom is 0.227 e. The van der Waals surface area contributed by atoms with Crippen molar-refractivity contribution in [2.45, 2.75) is 32.1 Å². The number of benzene rings is 1. The molecule has 0 N–H and O–H groups in total. The second-order valence-electron chi connectivity index (χ2n) is 9.71. The third kappa shape index (κ3) is 5.91. The molecule has 3 saturated heterocycles. The Labute approximate surface area is 195 Å². The number of amides is 3. The van der Waals surface area contributed by atoms with Gasteiger partial charge in [-0.2, -0.15) is 0 Å². The van der Waals surface area contributed by atoms with Crippen LogP contribution in [0.15, 0.2) is 24.3 Å². The molecule has 33 heavy (non-hydrogen) atoms. The van der Waals surface area contributed by atoms with E-state index >= 15 is 0 Å². The van der Waals surface area contributed by atoms with Crippen LogP contribution in [-0.2, 0) is 20.8 Å². The predicted octanol–water partition coefficient (Wildman–Crippen LogP) is 1.62. The Balaban J connectivity index is 1.25. The van der Waals surface area contributed by atoms with Crippen LogP contribution >= 0.6 is 0 Å². The van der Waals surface area contributed by atoms with Crippen molar-refractivity contribution < 1.29 is 18.8 Å². The lowest BCUT2D eigenvalue weighted by Gasteiger charge is -2.39. The average molecular weight is 459 g/mol. The van der Waals surface area contributed by atoms with E-state index in [1.807, 2.05) is 9.80 Å². The van der Waals surface area contributed by atoms with Gasteiger partial charge in [0.1, 0.15) is 5.82 Å². The van der Waals surface area contributed by atoms with Crippen LogP contribution in [0.25, 0.3) is 0 Å². The first-order chi connectivity index (χ1) is 15.9. The van der Waals surface area contributed by atoms with E-state index in [2.05, 4.69) is 11.9 Å². The minimum absolute atomic E-state index is 0.0117. The summed E-state index contributed by atoms with van der Waals surface area (Å²) in [6, 6.07) is 5.99. The van der Waals surface area contributed by atoms with Gasteiger partial charge in [-0.15, -0.1) is 0 Å². The number of likely N-dealkylation sites (tertiary alicyclic amines) is 2. The van der Waals surface area contributed by atoms with Crippen molar-refractivity contribution in [3.8, 4) is 0 Å². The Morgan fingerprint density at radius 1 is 0.788 bits per heavy atom. The largest absolute Gasteiger partial charge is 0.342 e. The number of halogens is 1. The van der Waals surface area contributed by atoms with Crippen LogP contribution < -0.4 is 0 Å². The number of rotatable bonds is 4. The van der Waals surface area contributed by atoms with E-state index in [0.717, 1.165) is 57.4 Å². The summed E-state index contributed by atoms with van der Waals surface area (Å²) < 4.78 is 13.1. The van der Waals surface area contributed by atoms with E-state index in [1.54, 1.807) is 17.0 Å². The summed E-state index contributed by atoms with van der Waals surface area (Å²) in [5, 5.41) is 0. The molecule has 1 aromatic carbocycles. The Kier molecular flexibility index (Phi) is 7.63. The molecular formula is C25H35FN4O3. The molecule has 0 bridgehead atoms. The molecular weight excluding hydrogens is 423 g/mol. The van der Waals surface area contributed by atoms with Crippen LogP contribution in [0.5, 0.6) is 0 Å². The molecule has 180 valence electrons. The molecule has 3 fully saturated rings. The van der Waals surface area contributed by atoms with Gasteiger partial charge >= 0.3 is 0 Å². The van der Waals surface area contributed by atoms with Crippen molar-refractivity contribution in [3.63, 3.8) is 0 Å². The van der Waals surface area contributed by atoms with Crippen molar-refractivity contribution in [3.05, 3.63) is 35.6 Å². The van der Waals surface area contributed by atoms with Crippen LogP contribution in [-0.4, -0.2) is 96.7 Å². The highest BCUT2D eigenvalue weighted by Gasteiger charge is 2.35. The molecule has 3 aliphatic rings. The maximum atomic E-state index is 13.2. The molecule has 7 nitrogen and oxygen atoms in total. The van der Waals surface area contributed by atoms with Crippen molar-refractivity contribution in [1.82, 2.24) is 19.6 Å². The van der Waals surface area contributed by atoms with E-state index < -0.39 is 0 Å². The Hall–Kier alpha value is -2.48. The molecule has 1 atom stereocenters. The first kappa shape index (κ1) is 23.7. The number of nitrogens with zero attached hydrogens (tertiary/aromatic N) is 4. The van der Waals surface area contributed by atoms with Gasteiger partial charge in [-0.3, -0.25) is 14.4 Å². The number of carbonyl (C=O) groups excluding carboxylic acids is 3. The smallest absolute Gasteiger partial charge is 0.227 e. The van der Waals surface area contributed by atoms with Gasteiger partial charge in [-0.05, 0) is 50.4 Å². The van der Waals surface area contributed by atoms with Crippen molar-refractivity contribution in [1.29, 1.82) is 0 Å². The van der Waals surface area contributed by atoms with Gasteiger partial charge in [0.15, 0.2) is 0 Å². The number of hydrogen-bond acceptors (Lipinski definition) is 4. The van der Waals surface area contributed by atoms with E-state index in [1.165, 1.54) is 12.1 Å². The summed E-state index contributed by atoms with van der Waals surface area (Å²) in [6.45, 7) is 5.75. The van der Waals surface area contributed by atoms with Crippen LogP contribution in [0.1, 0.15) is 31.2 Å². The molecule has 8 heteroatoms. The summed E-state index contributed by atoms with van der Waals surface area (Å²) >= 11 is 0. The Morgan fingerprint density at radius 2 is 1.39 bits per heavy atom. The van der Waals surface area contributed by atoms with Gasteiger partial charge in [0.25, 0.3) is 0 Å². The minimum Gasteiger partial charge on any atom is -0.342 e. The van der Waals surface area contributed by atoms with E-state index in [9.17, 15) is 18.8 Å². The zero-order valence-corrected chi connectivity index (χ0v) is 19.5. The zero-order valence-electron chi connectivity index (χ0n) is 19.5. The zero-order chi connectivity index (χ0) is 23.4. The summed E-state index contributed by atoms with van der Waals surface area (Å²) in [6.07, 6.45) is 3.26. The first-order valence-electron chi connectivity index (χ1n) is 12.2. The van der Waals surface area contributed by atoms with Gasteiger partial charge in [-0.25, -0.2) is 4.39 Å². The van der Waals surface area contributed by atoms with Crippen LogP contribution in [0.2, 0.25) is 0 Å². The Morgan fingerprint density at radius 3 is 2.06 bits per heavy atom. The summed E-state index contributed by atoms with van der Waals surface area (Å²) in [7, 11) is 2.08. The summed E-state index contributed by atoms with van der Waals surface area (Å²) in [4.78, 5) is 46.7. The molecule has 1 aromatic rings. The molecule has 0 aromatic heterocycles. The first-order valence-corrected chi connectivity index (χ1v) is 12.2. The number of piperazine rings is 1. The third-order valence-corrected chi connectivity index (χ3v) is 7.36. The monoisotopic (exact) mass is 458 g/mol. The van der Waals surface area contributed by atoms with Crippen LogP contribution in [0, 0.1) is 17.7 Å². The highest BCUT2D eigenvalue weighted by Crippen LogP contribution is 2.25. The Bertz CT molecular complexity index is 846. The second kappa shape index (κ2) is 10.6. The van der Waals surface area contributed by atoms with Crippen molar-refractivity contribution in [2.75, 3.05) is 59.4 Å². The van der Waals surface area contributed by atoms with Gasteiger partial charge in [0.05, 0.1) is 12.3 Å². The highest BCUT2D eigenvalue weighted by atomic mass is 19.1. The fourth-order valence-corrected chi connectivity index (χ4v) is 5.18.